The van der Waals surface area contributed by atoms with Crippen molar-refractivity contribution >= 4 is 65.4 Å². The van der Waals surface area contributed by atoms with Crippen molar-refractivity contribution in [1.82, 2.24) is 0 Å². The minimum Gasteiger partial charge on any atom is -0.334 e. The molecule has 0 amide bonds. The number of benzene rings is 12. The van der Waals surface area contributed by atoms with Gasteiger partial charge in [-0.1, -0.05) is 402 Å². The van der Waals surface area contributed by atoms with Gasteiger partial charge in [0.2, 0.25) is 0 Å². The fourth-order valence-electron chi connectivity index (χ4n) is 13.5. The van der Waals surface area contributed by atoms with Crippen molar-refractivity contribution in [3.05, 3.63) is 358 Å². The third-order valence-corrected chi connectivity index (χ3v) is 18.4. The third kappa shape index (κ3) is 26.8. The van der Waals surface area contributed by atoms with Gasteiger partial charge in [-0.3, -0.25) is 46.6 Å². The second-order valence-corrected chi connectivity index (χ2v) is 23.4. The summed E-state index contributed by atoms with van der Waals surface area (Å²) >= 11 is 0. The van der Waals surface area contributed by atoms with Crippen LogP contribution in [0.25, 0.3) is 110 Å². The van der Waals surface area contributed by atoms with E-state index in [1.807, 2.05) is 111 Å². The van der Waals surface area contributed by atoms with Crippen molar-refractivity contribution in [2.24, 2.45) is 0 Å². The van der Waals surface area contributed by atoms with Crippen molar-refractivity contribution < 1.29 is 131 Å². The molecule has 0 atom stereocenters. The predicted octanol–water partition coefficient (Wildman–Crippen LogP) is 35.3. The summed E-state index contributed by atoms with van der Waals surface area (Å²) in [5.74, 6) is 0. The number of allylic oxidation sites excluding steroid dienone is 8. The Morgan fingerprint density at radius 3 is 0.983 bits per heavy atom. The van der Waals surface area contributed by atoms with Crippen molar-refractivity contribution in [2.75, 3.05) is 0 Å². The van der Waals surface area contributed by atoms with Gasteiger partial charge in [-0.05, 0) is 94.0 Å². The third-order valence-electron chi connectivity index (χ3n) is 18.4. The van der Waals surface area contributed by atoms with E-state index in [1.54, 1.807) is 24.3 Å². The number of aryl methyl sites for hydroxylation is 5. The van der Waals surface area contributed by atoms with Crippen LogP contribution in [0.4, 0.5) is 0 Å². The summed E-state index contributed by atoms with van der Waals surface area (Å²) in [7, 11) is 0. The molecule has 0 saturated carbocycles. The van der Waals surface area contributed by atoms with Crippen LogP contribution in [0.15, 0.2) is 218 Å². The van der Waals surface area contributed by atoms with Crippen LogP contribution >= 0.6 is 0 Å². The van der Waals surface area contributed by atoms with Gasteiger partial charge in [-0.2, -0.15) is 22.3 Å². The summed E-state index contributed by atoms with van der Waals surface area (Å²) in [5.41, 5.74) is 33.5. The van der Waals surface area contributed by atoms with Gasteiger partial charge >= 0.3 is 0 Å². The molecule has 4 aliphatic carbocycles. The first kappa shape index (κ1) is 122. The van der Waals surface area contributed by atoms with Gasteiger partial charge in [0.1, 0.15) is 0 Å². The van der Waals surface area contributed by atoms with Crippen LogP contribution in [-0.2, 0) is 131 Å². The normalized spacial score (nSPS) is 10.0. The Morgan fingerprint density at radius 2 is 0.522 bits per heavy atom. The van der Waals surface area contributed by atoms with Gasteiger partial charge in [-0.25, -0.2) is 24.3 Å². The van der Waals surface area contributed by atoms with Gasteiger partial charge in [0.25, 0.3) is 0 Å². The van der Waals surface area contributed by atoms with Gasteiger partial charge in [0.05, 0.1) is 0 Å². The first-order valence-electron chi connectivity index (χ1n) is 38.1. The standard InChI is InChI=1S/4C22H16.8C2H6.7CH4.4Y/c1-4-16-13-18-11-14(2)15(3)12-21(18)20-10-6-8-17-7-5-9-19(16)22(17)20;1-4-16-13-18-12-11-14(2)15(3)21(18)20-10-6-8-17-7-5-9-19(16)22(17)20;1-4-16-13-18-9-5-7-17-8-6-10-20(22(17)18)21-15(3)14(2)11-12-19(16)21;1-4-16-13-18-9-7-8-17-12-14(2)15(3)21(22(17)18)20-11-6-5-10-19(16)20;8*1-2;;;;;;;;;;;/h4*1,4-12H,2-3H3;8*1-2H3;7*1H4;;;;/q4*-2;;;;;;;;;;;;;;;;;;;. The topological polar surface area (TPSA) is 0 Å². The Morgan fingerprint density at radius 1 is 0.209 bits per heavy atom. The van der Waals surface area contributed by atoms with E-state index in [2.05, 4.69) is 274 Å². The zero-order valence-corrected chi connectivity index (χ0v) is 80.8. The molecule has 604 valence electrons. The van der Waals surface area contributed by atoms with Crippen LogP contribution in [0.2, 0.25) is 0 Å². The molecule has 12 aromatic carbocycles. The van der Waals surface area contributed by atoms with Gasteiger partial charge in [0, 0.05) is 131 Å². The van der Waals surface area contributed by atoms with E-state index in [9.17, 15) is 0 Å². The Bertz CT molecular complexity index is 5100. The molecular weight excluding hydrogens is 1690 g/mol. The molecule has 0 aliphatic heterocycles. The monoisotopic (exact) mass is 1830 g/mol. The minimum atomic E-state index is 0. The van der Waals surface area contributed by atoms with Crippen LogP contribution in [0.5, 0.6) is 0 Å². The first-order chi connectivity index (χ1) is 50.8. The van der Waals surface area contributed by atoms with Crippen LogP contribution in [0.3, 0.4) is 0 Å². The fraction of sp³-hybridized carbons (Fsp3) is 0.279. The van der Waals surface area contributed by atoms with Gasteiger partial charge in [-0.15, -0.1) is 70.8 Å². The summed E-state index contributed by atoms with van der Waals surface area (Å²) in [6.07, 6.45) is 20.7. The number of hydrogen-bond acceptors (Lipinski definition) is 0. The maximum Gasteiger partial charge on any atom is 0 e. The Labute approximate surface area is 807 Å². The number of rotatable bonds is 4. The molecule has 4 radical (unpaired) electrons. The molecule has 115 heavy (non-hydrogen) atoms. The Balaban J connectivity index is -0.000000248. The molecular formula is C111H140Y4-8. The fourth-order valence-corrected chi connectivity index (χ4v) is 13.5. The Hall–Kier alpha value is -5.98. The SMILES string of the molecule is C.C.C.C.C.C.C.CC.CC.CC.CC.CC.CC.CC.CC.[CH-]=CC1=[C-]c2cc(C)c(C)cc2-c2cccc3cccc1c23.[CH-]=CC1=[C-]c2ccc(C)c(C)c2-c2cccc3cccc1c23.[CH-]=CC1=[C-]c2cccc3cc(C)c(C)c(c23)-c2ccccc21.[CH-]=CC1=[C-]c2cccc3cccc(c23)-c2c1ccc(C)c2C.[Y].[Y].[Y].[Y]. The molecule has 0 saturated heterocycles. The van der Waals surface area contributed by atoms with E-state index in [4.69, 9.17) is 26.3 Å². The van der Waals surface area contributed by atoms with Crippen LogP contribution in [0.1, 0.15) is 252 Å². The number of hydrogen-bond donors (Lipinski definition) is 0. The average Bonchev–Trinajstić information content (AvgIpc) is 1.63. The van der Waals surface area contributed by atoms with E-state index in [0.717, 1.165) is 66.8 Å². The zero-order chi connectivity index (χ0) is 77.1. The smallest absolute Gasteiger partial charge is 0 e. The average molecular weight is 1830 g/mol. The van der Waals surface area contributed by atoms with E-state index in [-0.39, 0.29) is 183 Å². The molecule has 4 heteroatoms. The second kappa shape index (κ2) is 61.3. The van der Waals surface area contributed by atoms with E-state index >= 15 is 0 Å². The quantitative estimate of drug-likeness (QED) is 0.154. The summed E-state index contributed by atoms with van der Waals surface area (Å²) in [5, 5.41) is 10.0. The second-order valence-electron chi connectivity index (χ2n) is 23.4. The summed E-state index contributed by atoms with van der Waals surface area (Å²) in [6.45, 7) is 73.0. The molecule has 0 fully saturated rings. The molecule has 12 aromatic rings. The molecule has 0 unspecified atom stereocenters. The van der Waals surface area contributed by atoms with Gasteiger partial charge in [0.15, 0.2) is 0 Å². The number of fused-ring (bicyclic) bond motifs is 8. The van der Waals surface area contributed by atoms with Crippen LogP contribution < -0.4 is 0 Å². The van der Waals surface area contributed by atoms with E-state index in [1.165, 1.54) is 132 Å². The molecule has 0 spiro atoms. The maximum atomic E-state index is 5.91. The Kier molecular flexibility index (Phi) is 65.2. The minimum absolute atomic E-state index is 0. The van der Waals surface area contributed by atoms with Crippen LogP contribution in [-0.4, -0.2) is 0 Å². The molecule has 0 N–H and O–H groups in total. The predicted molar refractivity (Wildman–Crippen MR) is 512 cm³/mol. The molecule has 16 rings (SSSR count). The van der Waals surface area contributed by atoms with Crippen molar-refractivity contribution in [3.8, 4) is 44.5 Å². The van der Waals surface area contributed by atoms with Crippen LogP contribution in [0, 0.1) is 106 Å². The van der Waals surface area contributed by atoms with Crippen molar-refractivity contribution in [2.45, 2.75) is 218 Å². The summed E-state index contributed by atoms with van der Waals surface area (Å²) < 4.78 is 0. The molecule has 0 bridgehead atoms. The van der Waals surface area contributed by atoms with Crippen molar-refractivity contribution in [1.29, 1.82) is 0 Å². The molecule has 0 heterocycles. The van der Waals surface area contributed by atoms with Gasteiger partial charge < -0.3 is 26.3 Å². The largest absolute Gasteiger partial charge is 0.334 e. The maximum absolute atomic E-state index is 5.91. The zero-order valence-electron chi connectivity index (χ0n) is 69.4. The molecule has 0 aromatic heterocycles. The van der Waals surface area contributed by atoms with E-state index < -0.39 is 0 Å². The van der Waals surface area contributed by atoms with Crippen molar-refractivity contribution in [3.63, 3.8) is 0 Å². The van der Waals surface area contributed by atoms with E-state index in [0.29, 0.717) is 0 Å². The molecule has 0 nitrogen and oxygen atoms in total. The summed E-state index contributed by atoms with van der Waals surface area (Å²) in [6, 6.07) is 68.8. The summed E-state index contributed by atoms with van der Waals surface area (Å²) in [4.78, 5) is 0. The molecule has 4 aliphatic rings. The first-order valence-corrected chi connectivity index (χ1v) is 38.1.